The van der Waals surface area contributed by atoms with Crippen molar-refractivity contribution in [2.24, 2.45) is 0 Å². The summed E-state index contributed by atoms with van der Waals surface area (Å²) in [5.74, 6) is 1.64. The highest BCUT2D eigenvalue weighted by Crippen LogP contribution is 2.26. The van der Waals surface area contributed by atoms with E-state index in [4.69, 9.17) is 4.98 Å². The minimum atomic E-state index is 0.806. The number of hydrogen-bond acceptors (Lipinski definition) is 5. The predicted octanol–water partition coefficient (Wildman–Crippen LogP) is 5.82. The second kappa shape index (κ2) is 7.67. The average Bonchev–Trinajstić information content (AvgIpc) is 3.18. The SMILES string of the molecule is Cc1cc(Nc2ccc(-c3nc4cc(Nc5ccccn5)ccc4[nH]3)cc2)ccn1. The van der Waals surface area contributed by atoms with Crippen molar-refractivity contribution in [2.45, 2.75) is 6.92 Å². The molecular weight excluding hydrogens is 372 g/mol. The Labute approximate surface area is 174 Å². The van der Waals surface area contributed by atoms with E-state index in [0.29, 0.717) is 0 Å². The average molecular weight is 392 g/mol. The van der Waals surface area contributed by atoms with Gasteiger partial charge in [0, 0.05) is 40.7 Å². The molecule has 0 radical (unpaired) electrons. The zero-order valence-electron chi connectivity index (χ0n) is 16.4. The van der Waals surface area contributed by atoms with Gasteiger partial charge in [-0.1, -0.05) is 6.07 Å². The van der Waals surface area contributed by atoms with Gasteiger partial charge in [-0.25, -0.2) is 9.97 Å². The summed E-state index contributed by atoms with van der Waals surface area (Å²) < 4.78 is 0. The molecule has 0 aliphatic rings. The molecule has 6 nitrogen and oxygen atoms in total. The van der Waals surface area contributed by atoms with Crippen LogP contribution >= 0.6 is 0 Å². The van der Waals surface area contributed by atoms with Gasteiger partial charge in [-0.15, -0.1) is 0 Å². The van der Waals surface area contributed by atoms with Gasteiger partial charge >= 0.3 is 0 Å². The van der Waals surface area contributed by atoms with Crippen LogP contribution in [0.1, 0.15) is 5.69 Å². The van der Waals surface area contributed by atoms with Crippen molar-refractivity contribution in [3.63, 3.8) is 0 Å². The highest BCUT2D eigenvalue weighted by atomic mass is 15.0. The second-order valence-corrected chi connectivity index (χ2v) is 7.05. The van der Waals surface area contributed by atoms with Crippen molar-refractivity contribution in [2.75, 3.05) is 10.6 Å². The molecule has 3 N–H and O–H groups in total. The molecule has 6 heteroatoms. The van der Waals surface area contributed by atoms with Crippen molar-refractivity contribution in [1.82, 2.24) is 19.9 Å². The van der Waals surface area contributed by atoms with Gasteiger partial charge in [0.2, 0.25) is 0 Å². The molecular formula is C24H20N6. The fourth-order valence-electron chi connectivity index (χ4n) is 3.31. The molecule has 3 aromatic heterocycles. The van der Waals surface area contributed by atoms with Crippen molar-refractivity contribution in [3.8, 4) is 11.4 Å². The number of nitrogens with one attached hydrogen (secondary N) is 3. The molecule has 0 amide bonds. The maximum Gasteiger partial charge on any atom is 0.138 e. The Hall–Kier alpha value is -4.19. The molecule has 0 aliphatic carbocycles. The summed E-state index contributed by atoms with van der Waals surface area (Å²) in [7, 11) is 0. The summed E-state index contributed by atoms with van der Waals surface area (Å²) in [5, 5.41) is 6.70. The number of hydrogen-bond donors (Lipinski definition) is 3. The number of fused-ring (bicyclic) bond motifs is 1. The number of nitrogens with zero attached hydrogens (tertiary/aromatic N) is 3. The van der Waals surface area contributed by atoms with E-state index in [1.807, 2.05) is 67.6 Å². The van der Waals surface area contributed by atoms with Crippen molar-refractivity contribution in [1.29, 1.82) is 0 Å². The normalized spacial score (nSPS) is 10.8. The molecule has 0 aliphatic heterocycles. The molecule has 0 unspecified atom stereocenters. The van der Waals surface area contributed by atoms with Gasteiger partial charge in [0.05, 0.1) is 11.0 Å². The summed E-state index contributed by atoms with van der Waals surface area (Å²) in [4.78, 5) is 16.7. The minimum absolute atomic E-state index is 0.806. The van der Waals surface area contributed by atoms with Crippen LogP contribution in [0.3, 0.4) is 0 Å². The Bertz CT molecular complexity index is 1290. The first kappa shape index (κ1) is 17.9. The van der Waals surface area contributed by atoms with Crippen LogP contribution < -0.4 is 10.6 Å². The molecule has 3 heterocycles. The summed E-state index contributed by atoms with van der Waals surface area (Å²) in [6.45, 7) is 1.98. The minimum Gasteiger partial charge on any atom is -0.355 e. The van der Waals surface area contributed by atoms with Gasteiger partial charge in [-0.05, 0) is 73.7 Å². The quantitative estimate of drug-likeness (QED) is 0.351. The summed E-state index contributed by atoms with van der Waals surface area (Å²) in [6.07, 6.45) is 3.57. The lowest BCUT2D eigenvalue weighted by atomic mass is 10.2. The smallest absolute Gasteiger partial charge is 0.138 e. The van der Waals surface area contributed by atoms with Gasteiger partial charge in [-0.3, -0.25) is 4.98 Å². The van der Waals surface area contributed by atoms with E-state index in [2.05, 4.69) is 37.7 Å². The maximum absolute atomic E-state index is 4.77. The van der Waals surface area contributed by atoms with Crippen LogP contribution in [0.4, 0.5) is 22.9 Å². The molecule has 2 aromatic carbocycles. The standard InChI is InChI=1S/C24H20N6/c1-16-14-20(11-13-25-16)27-18-7-5-17(6-8-18)24-29-21-10-9-19(15-22(21)30-24)28-23-4-2-3-12-26-23/h2-15H,1H3,(H,25,27)(H,26,28)(H,29,30). The Morgan fingerprint density at radius 3 is 2.37 bits per heavy atom. The molecule has 5 rings (SSSR count). The number of rotatable bonds is 5. The van der Waals surface area contributed by atoms with E-state index in [0.717, 1.165) is 51.0 Å². The first-order valence-electron chi connectivity index (χ1n) is 9.71. The van der Waals surface area contributed by atoms with Crippen LogP contribution in [0.15, 0.2) is 85.2 Å². The third-order valence-electron chi connectivity index (χ3n) is 4.76. The Kier molecular flexibility index (Phi) is 4.57. The van der Waals surface area contributed by atoms with E-state index >= 15 is 0 Å². The molecule has 0 spiro atoms. The zero-order valence-corrected chi connectivity index (χ0v) is 16.4. The Balaban J connectivity index is 1.36. The third-order valence-corrected chi connectivity index (χ3v) is 4.76. The molecule has 5 aromatic rings. The predicted molar refractivity (Wildman–Crippen MR) is 121 cm³/mol. The molecule has 0 saturated heterocycles. The topological polar surface area (TPSA) is 78.5 Å². The number of imidazole rings is 1. The van der Waals surface area contributed by atoms with Gasteiger partial charge in [0.25, 0.3) is 0 Å². The van der Waals surface area contributed by atoms with Crippen LogP contribution in [-0.2, 0) is 0 Å². The van der Waals surface area contributed by atoms with E-state index in [1.165, 1.54) is 0 Å². The van der Waals surface area contributed by atoms with Crippen LogP contribution in [0, 0.1) is 6.92 Å². The van der Waals surface area contributed by atoms with Gasteiger partial charge < -0.3 is 15.6 Å². The van der Waals surface area contributed by atoms with Crippen LogP contribution in [-0.4, -0.2) is 19.9 Å². The molecule has 0 saturated carbocycles. The van der Waals surface area contributed by atoms with Crippen LogP contribution in [0.2, 0.25) is 0 Å². The lowest BCUT2D eigenvalue weighted by Crippen LogP contribution is -1.92. The largest absolute Gasteiger partial charge is 0.355 e. The number of aromatic nitrogens is 4. The lowest BCUT2D eigenvalue weighted by molar-refractivity contribution is 1.20. The molecule has 30 heavy (non-hydrogen) atoms. The molecule has 0 bridgehead atoms. The van der Waals surface area contributed by atoms with Crippen molar-refractivity contribution < 1.29 is 0 Å². The number of anilines is 4. The molecule has 146 valence electrons. The van der Waals surface area contributed by atoms with Crippen molar-refractivity contribution >= 4 is 33.9 Å². The summed E-state index contributed by atoms with van der Waals surface area (Å²) in [5.41, 5.74) is 6.89. The van der Waals surface area contributed by atoms with Gasteiger partial charge in [-0.2, -0.15) is 0 Å². The first-order valence-corrected chi connectivity index (χ1v) is 9.71. The number of aromatic amines is 1. The molecule has 0 fully saturated rings. The number of H-pyrrole nitrogens is 1. The Morgan fingerprint density at radius 2 is 1.57 bits per heavy atom. The number of aryl methyl sites for hydroxylation is 1. The lowest BCUT2D eigenvalue weighted by Gasteiger charge is -2.07. The first-order chi connectivity index (χ1) is 14.7. The van der Waals surface area contributed by atoms with E-state index in [-0.39, 0.29) is 0 Å². The van der Waals surface area contributed by atoms with E-state index in [1.54, 1.807) is 12.4 Å². The maximum atomic E-state index is 4.77. The fraction of sp³-hybridized carbons (Fsp3) is 0.0417. The third kappa shape index (κ3) is 3.84. The van der Waals surface area contributed by atoms with E-state index in [9.17, 15) is 0 Å². The summed E-state index contributed by atoms with van der Waals surface area (Å²) in [6, 6.07) is 24.0. The van der Waals surface area contributed by atoms with Crippen molar-refractivity contribution in [3.05, 3.63) is 90.9 Å². The number of pyridine rings is 2. The fourth-order valence-corrected chi connectivity index (χ4v) is 3.31. The zero-order chi connectivity index (χ0) is 20.3. The molecule has 0 atom stereocenters. The Morgan fingerprint density at radius 1 is 0.733 bits per heavy atom. The van der Waals surface area contributed by atoms with E-state index < -0.39 is 0 Å². The van der Waals surface area contributed by atoms with Crippen LogP contribution in [0.25, 0.3) is 22.4 Å². The highest BCUT2D eigenvalue weighted by molar-refractivity contribution is 5.83. The highest BCUT2D eigenvalue weighted by Gasteiger charge is 2.07. The summed E-state index contributed by atoms with van der Waals surface area (Å²) >= 11 is 0. The van der Waals surface area contributed by atoms with Gasteiger partial charge in [0.1, 0.15) is 11.6 Å². The number of benzene rings is 2. The second-order valence-electron chi connectivity index (χ2n) is 7.05. The monoisotopic (exact) mass is 392 g/mol. The van der Waals surface area contributed by atoms with Gasteiger partial charge in [0.15, 0.2) is 0 Å². The van der Waals surface area contributed by atoms with Crippen LogP contribution in [0.5, 0.6) is 0 Å².